The Morgan fingerprint density at radius 3 is 2.55 bits per heavy atom. The van der Waals surface area contributed by atoms with Gasteiger partial charge in [-0.15, -0.1) is 0 Å². The molecule has 2 unspecified atom stereocenters. The molecule has 0 radical (unpaired) electrons. The van der Waals surface area contributed by atoms with Gasteiger partial charge in [-0.3, -0.25) is 14.9 Å². The summed E-state index contributed by atoms with van der Waals surface area (Å²) in [6.07, 6.45) is 0.899. The van der Waals surface area contributed by atoms with E-state index >= 15 is 0 Å². The summed E-state index contributed by atoms with van der Waals surface area (Å²) in [7, 11) is 0. The molecule has 1 aromatic rings. The van der Waals surface area contributed by atoms with Crippen molar-refractivity contribution in [1.29, 1.82) is 0 Å². The number of rotatable bonds is 4. The Morgan fingerprint density at radius 1 is 1.40 bits per heavy atom. The fraction of sp³-hybridized carbons (Fsp3) is 0.533. The van der Waals surface area contributed by atoms with Crippen LogP contribution in [0.5, 0.6) is 5.75 Å². The Morgan fingerprint density at radius 2 is 2.05 bits per heavy atom. The summed E-state index contributed by atoms with van der Waals surface area (Å²) in [4.78, 5) is 22.3. The van der Waals surface area contributed by atoms with Crippen LogP contribution >= 0.6 is 0 Å². The first kappa shape index (κ1) is 14.5. The summed E-state index contributed by atoms with van der Waals surface area (Å²) in [5, 5.41) is 11.0. The van der Waals surface area contributed by atoms with Gasteiger partial charge < -0.3 is 4.74 Å². The first-order chi connectivity index (χ1) is 9.29. The second kappa shape index (κ2) is 4.89. The SMILES string of the molecule is CCC1(C)C(=O)CC1Oc1cc([N+](=O)[O-])c(C)cc1C. The highest BCUT2D eigenvalue weighted by Crippen LogP contribution is 2.43. The van der Waals surface area contributed by atoms with E-state index in [1.165, 1.54) is 6.07 Å². The summed E-state index contributed by atoms with van der Waals surface area (Å²) in [6, 6.07) is 3.21. The number of nitrogens with zero attached hydrogens (tertiary/aromatic N) is 1. The molecule has 0 aromatic heterocycles. The fourth-order valence-corrected chi connectivity index (χ4v) is 2.57. The molecule has 0 amide bonds. The van der Waals surface area contributed by atoms with E-state index in [2.05, 4.69) is 0 Å². The maximum atomic E-state index is 11.7. The normalized spacial score (nSPS) is 25.2. The fourth-order valence-electron chi connectivity index (χ4n) is 2.57. The van der Waals surface area contributed by atoms with Crippen molar-refractivity contribution >= 4 is 11.5 Å². The molecule has 0 spiro atoms. The number of nitro benzene ring substituents is 1. The highest BCUT2D eigenvalue weighted by Gasteiger charge is 2.51. The average molecular weight is 277 g/mol. The van der Waals surface area contributed by atoms with Crippen LogP contribution in [0.3, 0.4) is 0 Å². The van der Waals surface area contributed by atoms with Crippen molar-refractivity contribution in [3.05, 3.63) is 33.4 Å². The molecule has 1 aliphatic rings. The molecule has 1 aromatic carbocycles. The number of benzene rings is 1. The van der Waals surface area contributed by atoms with Crippen LogP contribution in [0.2, 0.25) is 0 Å². The van der Waals surface area contributed by atoms with Gasteiger partial charge in [-0.05, 0) is 38.8 Å². The molecule has 108 valence electrons. The summed E-state index contributed by atoms with van der Waals surface area (Å²) >= 11 is 0. The Labute approximate surface area is 118 Å². The van der Waals surface area contributed by atoms with Crippen LogP contribution in [0.4, 0.5) is 5.69 Å². The molecule has 0 bridgehead atoms. The quantitative estimate of drug-likeness (QED) is 0.625. The van der Waals surface area contributed by atoms with Crippen LogP contribution in [0.25, 0.3) is 0 Å². The number of carbonyl (C=O) groups excluding carboxylic acids is 1. The number of ether oxygens (including phenoxy) is 1. The van der Waals surface area contributed by atoms with E-state index in [0.29, 0.717) is 24.2 Å². The molecule has 2 rings (SSSR count). The molecular formula is C15H19NO4. The molecule has 1 saturated carbocycles. The largest absolute Gasteiger partial charge is 0.488 e. The molecule has 1 fully saturated rings. The Balaban J connectivity index is 2.29. The smallest absolute Gasteiger partial charge is 0.276 e. The molecule has 2 atom stereocenters. The molecule has 1 aliphatic carbocycles. The van der Waals surface area contributed by atoms with Crippen molar-refractivity contribution < 1.29 is 14.5 Å². The Kier molecular flexibility index (Phi) is 3.54. The summed E-state index contributed by atoms with van der Waals surface area (Å²) in [6.45, 7) is 7.41. The van der Waals surface area contributed by atoms with E-state index in [-0.39, 0.29) is 17.6 Å². The van der Waals surface area contributed by atoms with Gasteiger partial charge in [-0.1, -0.05) is 6.92 Å². The Bertz CT molecular complexity index is 581. The monoisotopic (exact) mass is 277 g/mol. The molecule has 5 heteroatoms. The van der Waals surface area contributed by atoms with Crippen molar-refractivity contribution in [3.63, 3.8) is 0 Å². The minimum absolute atomic E-state index is 0.0504. The maximum Gasteiger partial charge on any atom is 0.276 e. The first-order valence-electron chi connectivity index (χ1n) is 6.75. The lowest BCUT2D eigenvalue weighted by Crippen LogP contribution is -2.54. The van der Waals surface area contributed by atoms with Crippen LogP contribution in [0, 0.1) is 29.4 Å². The van der Waals surface area contributed by atoms with Gasteiger partial charge >= 0.3 is 0 Å². The Hall–Kier alpha value is -1.91. The van der Waals surface area contributed by atoms with Gasteiger partial charge in [0.05, 0.1) is 16.4 Å². The van der Waals surface area contributed by atoms with Crippen LogP contribution in [0.15, 0.2) is 12.1 Å². The van der Waals surface area contributed by atoms with Crippen LogP contribution < -0.4 is 4.74 Å². The maximum absolute atomic E-state index is 11.7. The van der Waals surface area contributed by atoms with Crippen molar-refractivity contribution in [2.24, 2.45) is 5.41 Å². The molecule has 0 N–H and O–H groups in total. The molecular weight excluding hydrogens is 258 g/mol. The summed E-state index contributed by atoms with van der Waals surface area (Å²) in [5.74, 6) is 0.698. The van der Waals surface area contributed by atoms with Crippen LogP contribution in [-0.2, 0) is 4.79 Å². The third-order valence-corrected chi connectivity index (χ3v) is 4.41. The molecule has 5 nitrogen and oxygen atoms in total. The zero-order valence-electron chi connectivity index (χ0n) is 12.2. The minimum atomic E-state index is -0.466. The molecule has 20 heavy (non-hydrogen) atoms. The zero-order valence-corrected chi connectivity index (χ0v) is 12.2. The van der Waals surface area contributed by atoms with Gasteiger partial charge in [0.25, 0.3) is 5.69 Å². The lowest BCUT2D eigenvalue weighted by molar-refractivity contribution is -0.385. The average Bonchev–Trinajstić information content (AvgIpc) is 2.39. The topological polar surface area (TPSA) is 69.4 Å². The molecule has 0 saturated heterocycles. The highest BCUT2D eigenvalue weighted by atomic mass is 16.6. The summed E-state index contributed by atoms with van der Waals surface area (Å²) in [5.41, 5.74) is 1.05. The number of carbonyl (C=O) groups is 1. The predicted molar refractivity (Wildman–Crippen MR) is 75.0 cm³/mol. The molecule has 0 aliphatic heterocycles. The first-order valence-corrected chi connectivity index (χ1v) is 6.75. The third kappa shape index (κ3) is 2.17. The van der Waals surface area contributed by atoms with E-state index in [1.807, 2.05) is 20.8 Å². The standard InChI is InChI=1S/C15H19NO4/c1-5-15(4)13(17)8-14(15)20-12-7-11(16(18)19)9(2)6-10(12)3/h6-7,14H,5,8H2,1-4H3. The number of aryl methyl sites for hydroxylation is 2. The van der Waals surface area contributed by atoms with Crippen LogP contribution in [0.1, 0.15) is 37.8 Å². The van der Waals surface area contributed by atoms with Gasteiger partial charge in [0, 0.05) is 12.0 Å². The van der Waals surface area contributed by atoms with Crippen LogP contribution in [-0.4, -0.2) is 16.8 Å². The molecule has 0 heterocycles. The van der Waals surface area contributed by atoms with Gasteiger partial charge in [0.2, 0.25) is 0 Å². The van der Waals surface area contributed by atoms with Crippen molar-refractivity contribution in [3.8, 4) is 5.75 Å². The zero-order chi connectivity index (χ0) is 15.1. The summed E-state index contributed by atoms with van der Waals surface area (Å²) < 4.78 is 5.88. The van der Waals surface area contributed by atoms with Crippen molar-refractivity contribution in [2.75, 3.05) is 0 Å². The van der Waals surface area contributed by atoms with E-state index in [1.54, 1.807) is 13.0 Å². The minimum Gasteiger partial charge on any atom is -0.488 e. The van der Waals surface area contributed by atoms with Gasteiger partial charge in [0.15, 0.2) is 0 Å². The van der Waals surface area contributed by atoms with E-state index in [0.717, 1.165) is 5.56 Å². The van der Waals surface area contributed by atoms with Gasteiger partial charge in [-0.2, -0.15) is 0 Å². The second-order valence-electron chi connectivity index (χ2n) is 5.67. The van der Waals surface area contributed by atoms with Gasteiger partial charge in [0.1, 0.15) is 17.6 Å². The highest BCUT2D eigenvalue weighted by molar-refractivity contribution is 5.92. The third-order valence-electron chi connectivity index (χ3n) is 4.41. The van der Waals surface area contributed by atoms with Crippen molar-refractivity contribution in [1.82, 2.24) is 0 Å². The number of ketones is 1. The van der Waals surface area contributed by atoms with Gasteiger partial charge in [-0.25, -0.2) is 0 Å². The van der Waals surface area contributed by atoms with E-state index in [4.69, 9.17) is 4.74 Å². The van der Waals surface area contributed by atoms with E-state index < -0.39 is 10.3 Å². The van der Waals surface area contributed by atoms with E-state index in [9.17, 15) is 14.9 Å². The lowest BCUT2D eigenvalue weighted by Gasteiger charge is -2.44. The number of Topliss-reactive ketones (excluding diaryl/α,β-unsaturated/α-hetero) is 1. The second-order valence-corrected chi connectivity index (χ2v) is 5.67. The predicted octanol–water partition coefficient (Wildman–Crippen LogP) is 3.35. The lowest BCUT2D eigenvalue weighted by atomic mass is 9.64. The number of nitro groups is 1. The van der Waals surface area contributed by atoms with Crippen molar-refractivity contribution in [2.45, 2.75) is 46.6 Å². The number of hydrogen-bond donors (Lipinski definition) is 0. The number of hydrogen-bond acceptors (Lipinski definition) is 4.